The number of hydrogen-bond donors (Lipinski definition) is 1. The highest BCUT2D eigenvalue weighted by Crippen LogP contribution is 2.30. The molecule has 0 spiro atoms. The topological polar surface area (TPSA) is 33.7 Å². The van der Waals surface area contributed by atoms with Crippen molar-refractivity contribution in [1.29, 1.82) is 0 Å². The zero-order valence-corrected chi connectivity index (χ0v) is 13.8. The first-order valence-electron chi connectivity index (χ1n) is 7.00. The van der Waals surface area contributed by atoms with Gasteiger partial charge < -0.3 is 19.7 Å². The number of ether oxygens (including phenoxy) is 2. The van der Waals surface area contributed by atoms with Gasteiger partial charge in [-0.2, -0.15) is 0 Å². The SMILES string of the molecule is COCCNCc1ccc(N2CCC(OC)C2)c(Br)c1. The fraction of sp³-hybridized carbons (Fsp3) is 0.600. The highest BCUT2D eigenvalue weighted by atomic mass is 79.9. The Bertz CT molecular complexity index is 428. The third-order valence-corrected chi connectivity index (χ3v) is 4.28. The Kier molecular flexibility index (Phi) is 6.29. The van der Waals surface area contributed by atoms with Crippen LogP contribution in [0.2, 0.25) is 0 Å². The van der Waals surface area contributed by atoms with Crippen LogP contribution in [0.5, 0.6) is 0 Å². The van der Waals surface area contributed by atoms with Gasteiger partial charge in [-0.25, -0.2) is 0 Å². The number of nitrogens with zero attached hydrogens (tertiary/aromatic N) is 1. The molecule has 112 valence electrons. The van der Waals surface area contributed by atoms with Gasteiger partial charge in [0.1, 0.15) is 0 Å². The van der Waals surface area contributed by atoms with E-state index in [1.165, 1.54) is 11.3 Å². The summed E-state index contributed by atoms with van der Waals surface area (Å²) in [6, 6.07) is 6.56. The van der Waals surface area contributed by atoms with Crippen LogP contribution in [-0.2, 0) is 16.0 Å². The Morgan fingerprint density at radius 3 is 2.90 bits per heavy atom. The van der Waals surface area contributed by atoms with E-state index in [0.717, 1.165) is 43.7 Å². The van der Waals surface area contributed by atoms with Crippen molar-refractivity contribution in [2.75, 3.05) is 45.4 Å². The number of halogens is 1. The van der Waals surface area contributed by atoms with E-state index in [1.54, 1.807) is 14.2 Å². The molecule has 1 heterocycles. The minimum absolute atomic E-state index is 0.359. The molecule has 1 saturated heterocycles. The van der Waals surface area contributed by atoms with Crippen molar-refractivity contribution in [3.63, 3.8) is 0 Å². The summed E-state index contributed by atoms with van der Waals surface area (Å²) in [5.74, 6) is 0. The van der Waals surface area contributed by atoms with Crippen LogP contribution in [0.4, 0.5) is 5.69 Å². The lowest BCUT2D eigenvalue weighted by molar-refractivity contribution is 0.121. The molecule has 1 fully saturated rings. The van der Waals surface area contributed by atoms with Crippen LogP contribution < -0.4 is 10.2 Å². The second-order valence-corrected chi connectivity index (χ2v) is 5.90. The first-order chi connectivity index (χ1) is 9.74. The Morgan fingerprint density at radius 1 is 1.40 bits per heavy atom. The van der Waals surface area contributed by atoms with E-state index in [9.17, 15) is 0 Å². The van der Waals surface area contributed by atoms with Crippen molar-refractivity contribution in [2.45, 2.75) is 19.1 Å². The van der Waals surface area contributed by atoms with Crippen LogP contribution in [-0.4, -0.2) is 46.6 Å². The van der Waals surface area contributed by atoms with E-state index in [0.29, 0.717) is 6.10 Å². The molecule has 4 nitrogen and oxygen atoms in total. The molecule has 5 heteroatoms. The zero-order chi connectivity index (χ0) is 14.4. The second kappa shape index (κ2) is 7.98. The fourth-order valence-electron chi connectivity index (χ4n) is 2.46. The van der Waals surface area contributed by atoms with E-state index >= 15 is 0 Å². The van der Waals surface area contributed by atoms with Gasteiger partial charge in [-0.3, -0.25) is 0 Å². The van der Waals surface area contributed by atoms with E-state index in [1.807, 2.05) is 0 Å². The smallest absolute Gasteiger partial charge is 0.0762 e. The summed E-state index contributed by atoms with van der Waals surface area (Å²) in [6.07, 6.45) is 1.46. The minimum atomic E-state index is 0.359. The van der Waals surface area contributed by atoms with Crippen LogP contribution in [0.3, 0.4) is 0 Å². The molecule has 2 rings (SSSR count). The van der Waals surface area contributed by atoms with Gasteiger partial charge in [0.25, 0.3) is 0 Å². The number of benzene rings is 1. The summed E-state index contributed by atoms with van der Waals surface area (Å²) in [5.41, 5.74) is 2.53. The first kappa shape index (κ1) is 15.8. The van der Waals surface area contributed by atoms with Crippen LogP contribution in [0, 0.1) is 0 Å². The predicted molar refractivity (Wildman–Crippen MR) is 85.4 cm³/mol. The Morgan fingerprint density at radius 2 is 2.25 bits per heavy atom. The molecule has 1 aliphatic rings. The van der Waals surface area contributed by atoms with Gasteiger partial charge in [-0.15, -0.1) is 0 Å². The fourth-order valence-corrected chi connectivity index (χ4v) is 3.14. The molecule has 1 unspecified atom stereocenters. The van der Waals surface area contributed by atoms with E-state index in [-0.39, 0.29) is 0 Å². The normalized spacial score (nSPS) is 18.8. The second-order valence-electron chi connectivity index (χ2n) is 5.05. The van der Waals surface area contributed by atoms with E-state index in [4.69, 9.17) is 9.47 Å². The van der Waals surface area contributed by atoms with Crippen molar-refractivity contribution in [1.82, 2.24) is 5.32 Å². The van der Waals surface area contributed by atoms with Crippen LogP contribution in [0.25, 0.3) is 0 Å². The van der Waals surface area contributed by atoms with Crippen molar-refractivity contribution < 1.29 is 9.47 Å². The molecule has 0 bridgehead atoms. The average Bonchev–Trinajstić information content (AvgIpc) is 2.92. The van der Waals surface area contributed by atoms with Crippen molar-refractivity contribution >= 4 is 21.6 Å². The summed E-state index contributed by atoms with van der Waals surface area (Å²) in [6.45, 7) is 4.51. The molecule has 0 aliphatic carbocycles. The molecule has 0 aromatic heterocycles. The standard InChI is InChI=1S/C15H23BrN2O2/c1-19-8-6-17-10-12-3-4-15(14(16)9-12)18-7-5-13(11-18)20-2/h3-4,9,13,17H,5-8,10-11H2,1-2H3. The maximum absolute atomic E-state index is 5.42. The van der Waals surface area contributed by atoms with Gasteiger partial charge in [0.15, 0.2) is 0 Å². The maximum Gasteiger partial charge on any atom is 0.0762 e. The lowest BCUT2D eigenvalue weighted by Gasteiger charge is -2.20. The molecule has 0 saturated carbocycles. The number of hydrogen-bond acceptors (Lipinski definition) is 4. The molecular formula is C15H23BrN2O2. The third-order valence-electron chi connectivity index (χ3n) is 3.64. The van der Waals surface area contributed by atoms with Gasteiger partial charge in [0, 0.05) is 44.9 Å². The van der Waals surface area contributed by atoms with Gasteiger partial charge in [-0.1, -0.05) is 6.07 Å². The summed E-state index contributed by atoms with van der Waals surface area (Å²) >= 11 is 3.69. The number of nitrogens with one attached hydrogen (secondary N) is 1. The van der Waals surface area contributed by atoms with Crippen LogP contribution >= 0.6 is 15.9 Å². The van der Waals surface area contributed by atoms with Crippen molar-refractivity contribution in [3.05, 3.63) is 28.2 Å². The molecule has 1 aromatic rings. The minimum Gasteiger partial charge on any atom is -0.383 e. The zero-order valence-electron chi connectivity index (χ0n) is 12.2. The van der Waals surface area contributed by atoms with Crippen molar-refractivity contribution in [2.24, 2.45) is 0 Å². The molecule has 1 aliphatic heterocycles. The Labute approximate surface area is 129 Å². The highest BCUT2D eigenvalue weighted by Gasteiger charge is 2.23. The largest absolute Gasteiger partial charge is 0.383 e. The first-order valence-corrected chi connectivity index (χ1v) is 7.79. The van der Waals surface area contributed by atoms with Gasteiger partial charge in [-0.05, 0) is 40.0 Å². The predicted octanol–water partition coefficient (Wildman–Crippen LogP) is 2.41. The summed E-state index contributed by atoms with van der Waals surface area (Å²) in [7, 11) is 3.51. The maximum atomic E-state index is 5.42. The summed E-state index contributed by atoms with van der Waals surface area (Å²) in [5, 5.41) is 3.36. The van der Waals surface area contributed by atoms with Gasteiger partial charge in [0.2, 0.25) is 0 Å². The Balaban J connectivity index is 1.92. The van der Waals surface area contributed by atoms with E-state index in [2.05, 4.69) is 44.3 Å². The molecule has 0 amide bonds. The Hall–Kier alpha value is -0.620. The lowest BCUT2D eigenvalue weighted by atomic mass is 10.2. The van der Waals surface area contributed by atoms with E-state index < -0.39 is 0 Å². The quantitative estimate of drug-likeness (QED) is 0.771. The van der Waals surface area contributed by atoms with Crippen LogP contribution in [0.15, 0.2) is 22.7 Å². The molecule has 1 atom stereocenters. The molecule has 0 radical (unpaired) electrons. The van der Waals surface area contributed by atoms with Gasteiger partial charge >= 0.3 is 0 Å². The molecule has 20 heavy (non-hydrogen) atoms. The third kappa shape index (κ3) is 4.19. The van der Waals surface area contributed by atoms with Crippen LogP contribution in [0.1, 0.15) is 12.0 Å². The summed E-state index contributed by atoms with van der Waals surface area (Å²) < 4.78 is 11.6. The molecule has 1 N–H and O–H groups in total. The number of methoxy groups -OCH3 is 2. The lowest BCUT2D eigenvalue weighted by Crippen LogP contribution is -2.22. The van der Waals surface area contributed by atoms with Crippen molar-refractivity contribution in [3.8, 4) is 0 Å². The molecule has 1 aromatic carbocycles. The summed E-state index contributed by atoms with van der Waals surface area (Å²) in [4.78, 5) is 2.38. The number of rotatable bonds is 7. The molecular weight excluding hydrogens is 320 g/mol. The van der Waals surface area contributed by atoms with Gasteiger partial charge in [0.05, 0.1) is 18.4 Å². The average molecular weight is 343 g/mol. The highest BCUT2D eigenvalue weighted by molar-refractivity contribution is 9.10. The monoisotopic (exact) mass is 342 g/mol. The number of anilines is 1.